The van der Waals surface area contributed by atoms with Crippen molar-refractivity contribution in [3.05, 3.63) is 51.7 Å². The van der Waals surface area contributed by atoms with Gasteiger partial charge < -0.3 is 35.1 Å². The van der Waals surface area contributed by atoms with Crippen molar-refractivity contribution >= 4 is 57.4 Å². The zero-order valence-corrected chi connectivity index (χ0v) is 28.6. The minimum Gasteiger partial charge on any atom is -0.444 e. The third-order valence-electron chi connectivity index (χ3n) is 6.78. The van der Waals surface area contributed by atoms with Crippen molar-refractivity contribution < 1.29 is 23.8 Å². The lowest BCUT2D eigenvalue weighted by Gasteiger charge is -2.35. The predicted molar refractivity (Wildman–Crippen MR) is 181 cm³/mol. The Kier molecular flexibility index (Phi) is 12.9. The lowest BCUT2D eigenvalue weighted by molar-refractivity contribution is 0.0341. The topological polar surface area (TPSA) is 143 Å². The molecule has 1 aliphatic heterocycles. The second kappa shape index (κ2) is 16.8. The van der Waals surface area contributed by atoms with Crippen LogP contribution in [0.1, 0.15) is 41.8 Å². The van der Waals surface area contributed by atoms with Crippen molar-refractivity contribution in [2.75, 3.05) is 81.2 Å². The average Bonchev–Trinajstić information content (AvgIpc) is 3.46. The molecule has 0 atom stereocenters. The fourth-order valence-corrected chi connectivity index (χ4v) is 5.53. The van der Waals surface area contributed by atoms with Crippen molar-refractivity contribution in [3.8, 4) is 0 Å². The first-order valence-electron chi connectivity index (χ1n) is 15.2. The molecule has 0 saturated carbocycles. The molecule has 250 valence electrons. The molecule has 3 heterocycles. The first-order valence-corrected chi connectivity index (χ1v) is 16.4. The summed E-state index contributed by atoms with van der Waals surface area (Å²) in [5.74, 6) is 1.82. The van der Waals surface area contributed by atoms with E-state index in [1.807, 2.05) is 52.8 Å². The maximum atomic E-state index is 12.8. The standard InChI is InChI=1S/C31H43ClN8O5S/c1-21-7-6-8-23(32)27(21)38-28(41)24-20-34-29(46-24)37-25-19-26(36-22(2)35-25)40-12-10-39(11-13-40)14-16-44-18-17-43-15-9-33-30(42)45-31(3,4)5/h6-8,19-20H,9-18H2,1-5H3,(H,33,42)(H,38,41)(H,34,35,36,37). The minimum absolute atomic E-state index is 0.275. The summed E-state index contributed by atoms with van der Waals surface area (Å²) in [6.07, 6.45) is 1.09. The first-order chi connectivity index (χ1) is 22.0. The van der Waals surface area contributed by atoms with Gasteiger partial charge in [-0.1, -0.05) is 35.1 Å². The van der Waals surface area contributed by atoms with Crippen LogP contribution in [0.2, 0.25) is 5.02 Å². The Morgan fingerprint density at radius 3 is 2.48 bits per heavy atom. The molecule has 15 heteroatoms. The molecule has 0 bridgehead atoms. The Hall–Kier alpha value is -3.56. The summed E-state index contributed by atoms with van der Waals surface area (Å²) in [5.41, 5.74) is 0.955. The van der Waals surface area contributed by atoms with Gasteiger partial charge in [0.25, 0.3) is 5.91 Å². The Bertz CT molecular complexity index is 1440. The van der Waals surface area contributed by atoms with Crippen LogP contribution in [0.5, 0.6) is 0 Å². The number of piperazine rings is 1. The molecule has 1 aromatic carbocycles. The van der Waals surface area contributed by atoms with Crippen LogP contribution in [-0.4, -0.2) is 103 Å². The van der Waals surface area contributed by atoms with Gasteiger partial charge in [0.05, 0.1) is 43.3 Å². The summed E-state index contributed by atoms with van der Waals surface area (Å²) >= 11 is 7.50. The number of para-hydroxylation sites is 1. The normalized spacial score (nSPS) is 13.8. The van der Waals surface area contributed by atoms with E-state index in [-0.39, 0.29) is 5.91 Å². The first kappa shape index (κ1) is 35.3. The van der Waals surface area contributed by atoms with E-state index in [1.54, 1.807) is 6.07 Å². The van der Waals surface area contributed by atoms with E-state index in [4.69, 9.17) is 25.8 Å². The molecule has 0 aliphatic carbocycles. The summed E-state index contributed by atoms with van der Waals surface area (Å²) in [6, 6.07) is 7.38. The number of benzene rings is 1. The maximum absolute atomic E-state index is 12.8. The number of nitrogens with one attached hydrogen (secondary N) is 3. The van der Waals surface area contributed by atoms with Crippen molar-refractivity contribution in [2.45, 2.75) is 40.2 Å². The lowest BCUT2D eigenvalue weighted by atomic mass is 10.2. The van der Waals surface area contributed by atoms with E-state index in [1.165, 1.54) is 17.5 Å². The van der Waals surface area contributed by atoms with Crippen LogP contribution in [0.3, 0.4) is 0 Å². The van der Waals surface area contributed by atoms with Gasteiger partial charge in [0.1, 0.15) is 27.9 Å². The molecule has 1 saturated heterocycles. The van der Waals surface area contributed by atoms with Crippen LogP contribution in [0, 0.1) is 13.8 Å². The molecule has 1 fully saturated rings. The molecule has 0 radical (unpaired) electrons. The van der Waals surface area contributed by atoms with E-state index < -0.39 is 11.7 Å². The van der Waals surface area contributed by atoms with Crippen LogP contribution in [-0.2, 0) is 14.2 Å². The number of hydrogen-bond acceptors (Lipinski definition) is 12. The summed E-state index contributed by atoms with van der Waals surface area (Å²) < 4.78 is 16.4. The molecule has 0 spiro atoms. The van der Waals surface area contributed by atoms with Crippen LogP contribution < -0.4 is 20.9 Å². The Morgan fingerprint density at radius 1 is 1.02 bits per heavy atom. The number of aromatic nitrogens is 3. The molecule has 4 rings (SSSR count). The minimum atomic E-state index is -0.517. The zero-order valence-electron chi connectivity index (χ0n) is 27.0. The van der Waals surface area contributed by atoms with E-state index in [9.17, 15) is 9.59 Å². The third-order valence-corrected chi connectivity index (χ3v) is 8.01. The number of hydrogen-bond donors (Lipinski definition) is 3. The number of thiazole rings is 1. The van der Waals surface area contributed by atoms with Crippen molar-refractivity contribution in [3.63, 3.8) is 0 Å². The molecule has 1 aliphatic rings. The van der Waals surface area contributed by atoms with Gasteiger partial charge in [-0.3, -0.25) is 9.69 Å². The monoisotopic (exact) mass is 674 g/mol. The molecule has 46 heavy (non-hydrogen) atoms. The molecular formula is C31H43ClN8O5S. The Labute approximate surface area is 279 Å². The second-order valence-electron chi connectivity index (χ2n) is 11.7. The van der Waals surface area contributed by atoms with E-state index >= 15 is 0 Å². The summed E-state index contributed by atoms with van der Waals surface area (Å²) in [6.45, 7) is 15.8. The molecule has 2 amide bonds. The van der Waals surface area contributed by atoms with Crippen molar-refractivity contribution in [1.82, 2.24) is 25.2 Å². The smallest absolute Gasteiger partial charge is 0.407 e. The number of carbonyl (C=O) groups excluding carboxylic acids is 2. The van der Waals surface area contributed by atoms with Gasteiger partial charge in [-0.2, -0.15) is 0 Å². The summed E-state index contributed by atoms with van der Waals surface area (Å²) in [5, 5.41) is 9.81. The number of halogens is 1. The quantitative estimate of drug-likeness (QED) is 0.201. The number of aryl methyl sites for hydroxylation is 2. The van der Waals surface area contributed by atoms with Gasteiger partial charge in [-0.05, 0) is 46.2 Å². The van der Waals surface area contributed by atoms with Gasteiger partial charge in [0, 0.05) is 45.3 Å². The molecule has 13 nitrogen and oxygen atoms in total. The highest BCUT2D eigenvalue weighted by Gasteiger charge is 2.20. The third kappa shape index (κ3) is 11.4. The number of ether oxygens (including phenoxy) is 3. The highest BCUT2D eigenvalue weighted by Crippen LogP contribution is 2.28. The van der Waals surface area contributed by atoms with Gasteiger partial charge in [-0.25, -0.2) is 19.7 Å². The highest BCUT2D eigenvalue weighted by molar-refractivity contribution is 7.17. The van der Waals surface area contributed by atoms with Gasteiger partial charge >= 0.3 is 6.09 Å². The van der Waals surface area contributed by atoms with Crippen LogP contribution >= 0.6 is 22.9 Å². The van der Waals surface area contributed by atoms with Crippen LogP contribution in [0.15, 0.2) is 30.5 Å². The SMILES string of the molecule is Cc1nc(Nc2ncc(C(=O)Nc3c(C)cccc3Cl)s2)cc(N2CCN(CCOCCOCCNC(=O)OC(C)(C)C)CC2)n1. The second-order valence-corrected chi connectivity index (χ2v) is 13.1. The average molecular weight is 675 g/mol. The van der Waals surface area contributed by atoms with Crippen molar-refractivity contribution in [2.24, 2.45) is 0 Å². The van der Waals surface area contributed by atoms with E-state index in [0.717, 1.165) is 44.1 Å². The molecular weight excluding hydrogens is 632 g/mol. The number of rotatable bonds is 14. The number of alkyl carbamates (subject to hydrolysis) is 1. The fraction of sp³-hybridized carbons (Fsp3) is 0.516. The fourth-order valence-electron chi connectivity index (χ4n) is 4.55. The van der Waals surface area contributed by atoms with Crippen LogP contribution in [0.4, 0.5) is 27.2 Å². The highest BCUT2D eigenvalue weighted by atomic mass is 35.5. The zero-order chi connectivity index (χ0) is 33.1. The molecule has 3 aromatic rings. The summed E-state index contributed by atoms with van der Waals surface area (Å²) in [4.78, 5) is 43.1. The number of carbonyl (C=O) groups is 2. The molecule has 2 aromatic heterocycles. The number of anilines is 4. The predicted octanol–water partition coefficient (Wildman–Crippen LogP) is 4.88. The van der Waals surface area contributed by atoms with Gasteiger partial charge in [0.15, 0.2) is 5.13 Å². The summed E-state index contributed by atoms with van der Waals surface area (Å²) in [7, 11) is 0. The molecule has 3 N–H and O–H groups in total. The van der Waals surface area contributed by atoms with E-state index in [0.29, 0.717) is 65.3 Å². The number of nitrogens with zero attached hydrogens (tertiary/aromatic N) is 5. The van der Waals surface area contributed by atoms with Crippen molar-refractivity contribution in [1.29, 1.82) is 0 Å². The largest absolute Gasteiger partial charge is 0.444 e. The Balaban J connectivity index is 1.15. The Morgan fingerprint density at radius 2 is 1.76 bits per heavy atom. The number of amides is 2. The van der Waals surface area contributed by atoms with E-state index in [2.05, 4.69) is 40.7 Å². The van der Waals surface area contributed by atoms with Crippen LogP contribution in [0.25, 0.3) is 0 Å². The van der Waals surface area contributed by atoms with Gasteiger partial charge in [0.2, 0.25) is 0 Å². The van der Waals surface area contributed by atoms with Gasteiger partial charge in [-0.15, -0.1) is 0 Å². The molecule has 0 unspecified atom stereocenters. The lowest BCUT2D eigenvalue weighted by Crippen LogP contribution is -2.47. The maximum Gasteiger partial charge on any atom is 0.407 e.